The molecule has 106 valence electrons. The summed E-state index contributed by atoms with van der Waals surface area (Å²) < 4.78 is 7.21. The molecule has 0 aliphatic carbocycles. The van der Waals surface area contributed by atoms with Gasteiger partial charge < -0.3 is 4.74 Å². The zero-order valence-electron chi connectivity index (χ0n) is 11.4. The van der Waals surface area contributed by atoms with E-state index in [1.54, 1.807) is 6.07 Å². The minimum Gasteiger partial charge on any atom is -0.467 e. The van der Waals surface area contributed by atoms with Crippen molar-refractivity contribution in [2.75, 3.05) is 7.11 Å². The van der Waals surface area contributed by atoms with Gasteiger partial charge in [-0.25, -0.2) is 8.75 Å². The average Bonchev–Trinajstić information content (AvgIpc) is 2.86. The highest BCUT2D eigenvalue weighted by Gasteiger charge is 2.26. The van der Waals surface area contributed by atoms with Crippen LogP contribution in [0.1, 0.15) is 11.6 Å². The van der Waals surface area contributed by atoms with Crippen molar-refractivity contribution >= 4 is 27.6 Å². The molecular weight excluding hydrogens is 286 g/mol. The minimum absolute atomic E-state index is 0.171. The zero-order valence-corrected chi connectivity index (χ0v) is 12.2. The molecule has 0 radical (unpaired) electrons. The number of nitrogens with zero attached hydrogens (tertiary/aromatic N) is 1. The van der Waals surface area contributed by atoms with Crippen molar-refractivity contribution in [2.45, 2.75) is 6.04 Å². The molecule has 3 rings (SSSR count). The summed E-state index contributed by atoms with van der Waals surface area (Å²) in [6, 6.07) is 15.8. The number of rotatable bonds is 3. The van der Waals surface area contributed by atoms with E-state index < -0.39 is 12.0 Å². The predicted octanol–water partition coefficient (Wildman–Crippen LogP) is 2.83. The van der Waals surface area contributed by atoms with Crippen LogP contribution in [-0.4, -0.2) is 17.0 Å². The van der Waals surface area contributed by atoms with Crippen LogP contribution in [0.3, 0.4) is 0 Å². The molecule has 1 heterocycles. The molecule has 1 aromatic heterocycles. The molecule has 1 atom stereocenters. The van der Waals surface area contributed by atoms with Crippen molar-refractivity contribution in [3.63, 3.8) is 0 Å². The van der Waals surface area contributed by atoms with Gasteiger partial charge in [0.25, 0.3) is 5.56 Å². The van der Waals surface area contributed by atoms with E-state index in [1.165, 1.54) is 22.6 Å². The Labute approximate surface area is 125 Å². The van der Waals surface area contributed by atoms with Crippen molar-refractivity contribution in [2.24, 2.45) is 0 Å². The lowest BCUT2D eigenvalue weighted by atomic mass is 10.1. The third kappa shape index (κ3) is 2.36. The summed E-state index contributed by atoms with van der Waals surface area (Å²) >= 11 is 1.27. The highest BCUT2D eigenvalue weighted by Crippen LogP contribution is 2.25. The standard InChI is InChI=1S/C16H13NO3S/c1-20-16(19)14(11-7-3-2-4-8-11)17-15(18)12-9-5-6-10-13(12)21-17/h2-10,14H,1H3/t14-/m0/s1. The maximum atomic E-state index is 12.5. The van der Waals surface area contributed by atoms with Crippen LogP contribution in [0, 0.1) is 0 Å². The Kier molecular flexibility index (Phi) is 3.58. The first-order valence-electron chi connectivity index (χ1n) is 6.45. The first kappa shape index (κ1) is 13.6. The van der Waals surface area contributed by atoms with Gasteiger partial charge in [0, 0.05) is 0 Å². The third-order valence-corrected chi connectivity index (χ3v) is 4.41. The Bertz CT molecular complexity index is 835. The number of aromatic nitrogens is 1. The first-order chi connectivity index (χ1) is 10.2. The number of fused-ring (bicyclic) bond motifs is 1. The minimum atomic E-state index is -0.749. The van der Waals surface area contributed by atoms with Gasteiger partial charge in [0.1, 0.15) is 0 Å². The molecule has 0 N–H and O–H groups in total. The van der Waals surface area contributed by atoms with Crippen LogP contribution >= 0.6 is 11.5 Å². The Balaban J connectivity index is 2.22. The molecule has 0 saturated carbocycles. The zero-order chi connectivity index (χ0) is 14.8. The summed E-state index contributed by atoms with van der Waals surface area (Å²) in [6.07, 6.45) is 0. The maximum absolute atomic E-state index is 12.5. The highest BCUT2D eigenvalue weighted by atomic mass is 32.1. The van der Waals surface area contributed by atoms with E-state index in [2.05, 4.69) is 0 Å². The smallest absolute Gasteiger partial charge is 0.334 e. The molecule has 5 heteroatoms. The molecule has 0 saturated heterocycles. The third-order valence-electron chi connectivity index (χ3n) is 3.29. The Morgan fingerprint density at radius 1 is 1.10 bits per heavy atom. The summed E-state index contributed by atoms with van der Waals surface area (Å²) in [5.74, 6) is -0.449. The summed E-state index contributed by atoms with van der Waals surface area (Å²) in [6.45, 7) is 0. The Morgan fingerprint density at radius 2 is 1.76 bits per heavy atom. The quantitative estimate of drug-likeness (QED) is 0.699. The SMILES string of the molecule is COC(=O)[C@H](c1ccccc1)n1sc2ccccc2c1=O. The second-order valence-corrected chi connectivity index (χ2v) is 5.57. The van der Waals surface area contributed by atoms with Gasteiger partial charge >= 0.3 is 5.97 Å². The fraction of sp³-hybridized carbons (Fsp3) is 0.125. The number of carbonyl (C=O) groups excluding carboxylic acids is 1. The average molecular weight is 299 g/mol. The fourth-order valence-corrected chi connectivity index (χ4v) is 3.37. The fourth-order valence-electron chi connectivity index (χ4n) is 2.27. The molecule has 0 unspecified atom stereocenters. The number of benzene rings is 2. The van der Waals surface area contributed by atoms with Gasteiger partial charge in [-0.05, 0) is 17.7 Å². The lowest BCUT2D eigenvalue weighted by Crippen LogP contribution is -2.27. The van der Waals surface area contributed by atoms with E-state index in [4.69, 9.17) is 4.74 Å². The van der Waals surface area contributed by atoms with Gasteiger partial charge in [-0.2, -0.15) is 0 Å². The lowest BCUT2D eigenvalue weighted by Gasteiger charge is -2.14. The number of methoxy groups -OCH3 is 1. The largest absolute Gasteiger partial charge is 0.467 e. The number of hydrogen-bond acceptors (Lipinski definition) is 4. The number of hydrogen-bond donors (Lipinski definition) is 0. The molecule has 0 fully saturated rings. The molecule has 0 bridgehead atoms. The highest BCUT2D eigenvalue weighted by molar-refractivity contribution is 7.14. The van der Waals surface area contributed by atoms with Crippen molar-refractivity contribution in [1.29, 1.82) is 0 Å². The van der Waals surface area contributed by atoms with Crippen LogP contribution in [0.2, 0.25) is 0 Å². The van der Waals surface area contributed by atoms with Crippen LogP contribution in [0.4, 0.5) is 0 Å². The molecule has 0 aliphatic heterocycles. The van der Waals surface area contributed by atoms with Crippen molar-refractivity contribution < 1.29 is 9.53 Å². The van der Waals surface area contributed by atoms with Crippen LogP contribution in [-0.2, 0) is 9.53 Å². The van der Waals surface area contributed by atoms with Crippen molar-refractivity contribution in [1.82, 2.24) is 3.96 Å². The van der Waals surface area contributed by atoms with Gasteiger partial charge in [-0.15, -0.1) is 0 Å². The normalized spacial score (nSPS) is 12.2. The van der Waals surface area contributed by atoms with E-state index >= 15 is 0 Å². The first-order valence-corrected chi connectivity index (χ1v) is 7.23. The molecule has 0 aliphatic rings. The molecule has 21 heavy (non-hydrogen) atoms. The van der Waals surface area contributed by atoms with E-state index in [9.17, 15) is 9.59 Å². The van der Waals surface area contributed by atoms with E-state index in [1.807, 2.05) is 48.5 Å². The molecular formula is C16H13NO3S. The summed E-state index contributed by atoms with van der Waals surface area (Å²) in [4.78, 5) is 24.7. The number of carbonyl (C=O) groups is 1. The van der Waals surface area contributed by atoms with E-state index in [0.29, 0.717) is 5.39 Å². The molecule has 2 aromatic carbocycles. The summed E-state index contributed by atoms with van der Waals surface area (Å²) in [5, 5.41) is 0.618. The van der Waals surface area contributed by atoms with Gasteiger partial charge in [-0.1, -0.05) is 54.0 Å². The van der Waals surface area contributed by atoms with Crippen LogP contribution < -0.4 is 5.56 Å². The lowest BCUT2D eigenvalue weighted by molar-refractivity contribution is -0.143. The predicted molar refractivity (Wildman–Crippen MR) is 82.7 cm³/mol. The monoisotopic (exact) mass is 299 g/mol. The molecule has 0 spiro atoms. The van der Waals surface area contributed by atoms with Crippen molar-refractivity contribution in [3.05, 3.63) is 70.5 Å². The Hall–Kier alpha value is -2.40. The van der Waals surface area contributed by atoms with E-state index in [-0.39, 0.29) is 5.56 Å². The van der Waals surface area contributed by atoms with Gasteiger partial charge in [0.05, 0.1) is 17.2 Å². The second-order valence-electron chi connectivity index (χ2n) is 4.55. The molecule has 4 nitrogen and oxygen atoms in total. The molecule has 0 amide bonds. The number of ether oxygens (including phenoxy) is 1. The van der Waals surface area contributed by atoms with Crippen molar-refractivity contribution in [3.8, 4) is 0 Å². The van der Waals surface area contributed by atoms with Gasteiger partial charge in [-0.3, -0.25) is 4.79 Å². The van der Waals surface area contributed by atoms with Crippen LogP contribution in [0.5, 0.6) is 0 Å². The Morgan fingerprint density at radius 3 is 2.43 bits per heavy atom. The topological polar surface area (TPSA) is 48.3 Å². The van der Waals surface area contributed by atoms with Gasteiger partial charge in [0.2, 0.25) is 0 Å². The van der Waals surface area contributed by atoms with Crippen LogP contribution in [0.25, 0.3) is 10.1 Å². The van der Waals surface area contributed by atoms with Gasteiger partial charge in [0.15, 0.2) is 6.04 Å². The molecule has 3 aromatic rings. The number of esters is 1. The summed E-state index contributed by atoms with van der Waals surface area (Å²) in [7, 11) is 1.33. The van der Waals surface area contributed by atoms with Crippen LogP contribution in [0.15, 0.2) is 59.4 Å². The second kappa shape index (κ2) is 5.54. The summed E-state index contributed by atoms with van der Waals surface area (Å²) in [5.41, 5.74) is 0.563. The van der Waals surface area contributed by atoms with E-state index in [0.717, 1.165) is 10.3 Å². The maximum Gasteiger partial charge on any atom is 0.334 e.